The molecule has 1 aromatic carbocycles. The van der Waals surface area contributed by atoms with Crippen LogP contribution in [0.25, 0.3) is 0 Å². The lowest BCUT2D eigenvalue weighted by atomic mass is 10.2. The van der Waals surface area contributed by atoms with Crippen LogP contribution in [0.5, 0.6) is 0 Å². The van der Waals surface area contributed by atoms with E-state index in [0.29, 0.717) is 6.54 Å². The monoisotopic (exact) mass is 275 g/mol. The molecule has 0 bridgehead atoms. The zero-order valence-electron chi connectivity index (χ0n) is 10.8. The lowest BCUT2D eigenvalue weighted by Gasteiger charge is -2.20. The number of halogens is 1. The lowest BCUT2D eigenvalue weighted by molar-refractivity contribution is 0.0983. The molecule has 0 N–H and O–H groups in total. The SMILES string of the molecule is CCN(C(=O)c1cncc(Cl)n1)c1ccc(C)cc1. The highest BCUT2D eigenvalue weighted by Crippen LogP contribution is 2.17. The minimum absolute atomic E-state index is 0.207. The Morgan fingerprint density at radius 2 is 1.95 bits per heavy atom. The van der Waals surface area contributed by atoms with Crippen molar-refractivity contribution in [1.82, 2.24) is 9.97 Å². The standard InChI is InChI=1S/C14H14ClN3O/c1-3-18(11-6-4-10(2)5-7-11)14(19)12-8-16-9-13(15)17-12/h4-9H,3H2,1-2H3. The van der Waals surface area contributed by atoms with E-state index in [1.165, 1.54) is 12.4 Å². The van der Waals surface area contributed by atoms with Gasteiger partial charge in [-0.3, -0.25) is 9.78 Å². The second-order valence-corrected chi connectivity index (χ2v) is 4.50. The summed E-state index contributed by atoms with van der Waals surface area (Å²) in [6.07, 6.45) is 2.82. The van der Waals surface area contributed by atoms with Gasteiger partial charge in [0.1, 0.15) is 10.8 Å². The Morgan fingerprint density at radius 3 is 2.53 bits per heavy atom. The third kappa shape index (κ3) is 3.09. The highest BCUT2D eigenvalue weighted by molar-refractivity contribution is 6.29. The van der Waals surface area contributed by atoms with Crippen molar-refractivity contribution >= 4 is 23.2 Å². The van der Waals surface area contributed by atoms with Crippen molar-refractivity contribution in [3.05, 3.63) is 53.1 Å². The molecule has 0 aliphatic rings. The van der Waals surface area contributed by atoms with E-state index in [0.717, 1.165) is 11.3 Å². The van der Waals surface area contributed by atoms with Crippen LogP contribution in [-0.2, 0) is 0 Å². The molecule has 1 aromatic heterocycles. The fourth-order valence-corrected chi connectivity index (χ4v) is 1.90. The molecule has 0 atom stereocenters. The maximum absolute atomic E-state index is 12.4. The van der Waals surface area contributed by atoms with Crippen molar-refractivity contribution in [3.63, 3.8) is 0 Å². The van der Waals surface area contributed by atoms with Crippen molar-refractivity contribution in [3.8, 4) is 0 Å². The van der Waals surface area contributed by atoms with E-state index < -0.39 is 0 Å². The number of hydrogen-bond donors (Lipinski definition) is 0. The first kappa shape index (κ1) is 13.5. The number of benzene rings is 1. The molecule has 0 spiro atoms. The molecule has 2 rings (SSSR count). The van der Waals surface area contributed by atoms with Gasteiger partial charge in [-0.2, -0.15) is 0 Å². The van der Waals surface area contributed by atoms with E-state index >= 15 is 0 Å². The predicted molar refractivity (Wildman–Crippen MR) is 75.6 cm³/mol. The molecule has 0 aliphatic heterocycles. The van der Waals surface area contributed by atoms with Crippen molar-refractivity contribution in [1.29, 1.82) is 0 Å². The van der Waals surface area contributed by atoms with Gasteiger partial charge in [0.25, 0.3) is 5.91 Å². The number of rotatable bonds is 3. The maximum Gasteiger partial charge on any atom is 0.278 e. The Bertz CT molecular complexity index is 583. The van der Waals surface area contributed by atoms with Crippen molar-refractivity contribution < 1.29 is 4.79 Å². The molecule has 0 fully saturated rings. The Labute approximate surface area is 117 Å². The smallest absolute Gasteiger partial charge is 0.278 e. The van der Waals surface area contributed by atoms with E-state index in [1.54, 1.807) is 4.90 Å². The topological polar surface area (TPSA) is 46.1 Å². The highest BCUT2D eigenvalue weighted by Gasteiger charge is 2.17. The first-order valence-electron chi connectivity index (χ1n) is 5.98. The summed E-state index contributed by atoms with van der Waals surface area (Å²) in [4.78, 5) is 21.9. The summed E-state index contributed by atoms with van der Waals surface area (Å²) in [7, 11) is 0. The van der Waals surface area contributed by atoms with Crippen LogP contribution in [0.4, 0.5) is 5.69 Å². The molecule has 19 heavy (non-hydrogen) atoms. The molecule has 0 radical (unpaired) electrons. The van der Waals surface area contributed by atoms with E-state index in [4.69, 9.17) is 11.6 Å². The minimum atomic E-state index is -0.207. The van der Waals surface area contributed by atoms with Crippen LogP contribution in [0.1, 0.15) is 23.0 Å². The van der Waals surface area contributed by atoms with E-state index in [-0.39, 0.29) is 16.8 Å². The minimum Gasteiger partial charge on any atom is -0.307 e. The first-order chi connectivity index (χ1) is 9.11. The van der Waals surface area contributed by atoms with E-state index in [2.05, 4.69) is 9.97 Å². The molecule has 0 unspecified atom stereocenters. The quantitative estimate of drug-likeness (QED) is 0.865. The van der Waals surface area contributed by atoms with Gasteiger partial charge in [-0.25, -0.2) is 4.98 Å². The second kappa shape index (κ2) is 5.80. The Kier molecular flexibility index (Phi) is 4.12. The Hall–Kier alpha value is -1.94. The third-order valence-corrected chi connectivity index (χ3v) is 2.91. The van der Waals surface area contributed by atoms with Gasteiger partial charge in [0.15, 0.2) is 0 Å². The molecule has 0 saturated carbocycles. The molecular weight excluding hydrogens is 262 g/mol. The lowest BCUT2D eigenvalue weighted by Crippen LogP contribution is -2.31. The fraction of sp³-hybridized carbons (Fsp3) is 0.214. The molecule has 0 aliphatic carbocycles. The molecule has 5 heteroatoms. The maximum atomic E-state index is 12.4. The van der Waals surface area contributed by atoms with Gasteiger partial charge in [0.05, 0.1) is 12.4 Å². The van der Waals surface area contributed by atoms with Crippen LogP contribution >= 0.6 is 11.6 Å². The Morgan fingerprint density at radius 1 is 1.26 bits per heavy atom. The average Bonchev–Trinajstić information content (AvgIpc) is 2.41. The van der Waals surface area contributed by atoms with Crippen LogP contribution < -0.4 is 4.90 Å². The van der Waals surface area contributed by atoms with E-state index in [1.807, 2.05) is 38.1 Å². The summed E-state index contributed by atoms with van der Waals surface area (Å²) in [5.74, 6) is -0.207. The molecule has 1 heterocycles. The molecule has 98 valence electrons. The van der Waals surface area contributed by atoms with Crippen molar-refractivity contribution in [2.75, 3.05) is 11.4 Å². The highest BCUT2D eigenvalue weighted by atomic mass is 35.5. The van der Waals surface area contributed by atoms with Crippen LogP contribution in [-0.4, -0.2) is 22.4 Å². The molecule has 1 amide bonds. The number of anilines is 1. The van der Waals surface area contributed by atoms with Gasteiger partial charge in [0, 0.05) is 12.2 Å². The summed E-state index contributed by atoms with van der Waals surface area (Å²) in [5.41, 5.74) is 2.23. The second-order valence-electron chi connectivity index (χ2n) is 4.11. The van der Waals surface area contributed by atoms with Crippen molar-refractivity contribution in [2.45, 2.75) is 13.8 Å². The van der Waals surface area contributed by atoms with Gasteiger partial charge in [-0.15, -0.1) is 0 Å². The number of aryl methyl sites for hydroxylation is 1. The number of nitrogens with zero attached hydrogens (tertiary/aromatic N) is 3. The van der Waals surface area contributed by atoms with Gasteiger partial charge in [-0.05, 0) is 26.0 Å². The van der Waals surface area contributed by atoms with Gasteiger partial charge in [0.2, 0.25) is 0 Å². The van der Waals surface area contributed by atoms with Gasteiger partial charge in [-0.1, -0.05) is 29.3 Å². The zero-order valence-corrected chi connectivity index (χ0v) is 11.6. The molecular formula is C14H14ClN3O. The number of aromatic nitrogens is 2. The fourth-order valence-electron chi connectivity index (χ4n) is 1.75. The van der Waals surface area contributed by atoms with Gasteiger partial charge >= 0.3 is 0 Å². The van der Waals surface area contributed by atoms with Crippen molar-refractivity contribution in [2.24, 2.45) is 0 Å². The number of amides is 1. The first-order valence-corrected chi connectivity index (χ1v) is 6.35. The summed E-state index contributed by atoms with van der Waals surface area (Å²) in [6.45, 7) is 4.47. The normalized spacial score (nSPS) is 10.3. The largest absolute Gasteiger partial charge is 0.307 e. The molecule has 0 saturated heterocycles. The number of carbonyl (C=O) groups excluding carboxylic acids is 1. The molecule has 2 aromatic rings. The summed E-state index contributed by atoms with van der Waals surface area (Å²) >= 11 is 5.76. The van der Waals surface area contributed by atoms with E-state index in [9.17, 15) is 4.79 Å². The predicted octanol–water partition coefficient (Wildman–Crippen LogP) is 3.11. The zero-order chi connectivity index (χ0) is 13.8. The third-order valence-electron chi connectivity index (χ3n) is 2.73. The van der Waals surface area contributed by atoms with Crippen LogP contribution in [0.2, 0.25) is 5.15 Å². The number of hydrogen-bond acceptors (Lipinski definition) is 3. The number of carbonyl (C=O) groups is 1. The summed E-state index contributed by atoms with van der Waals surface area (Å²) in [6, 6.07) is 7.76. The van der Waals surface area contributed by atoms with Gasteiger partial charge < -0.3 is 4.90 Å². The summed E-state index contributed by atoms with van der Waals surface area (Å²) in [5, 5.41) is 0.214. The van der Waals surface area contributed by atoms with Crippen LogP contribution in [0.3, 0.4) is 0 Å². The Balaban J connectivity index is 2.31. The molecule has 4 nitrogen and oxygen atoms in total. The summed E-state index contributed by atoms with van der Waals surface area (Å²) < 4.78 is 0. The van der Waals surface area contributed by atoms with Crippen LogP contribution in [0.15, 0.2) is 36.7 Å². The van der Waals surface area contributed by atoms with Crippen LogP contribution in [0, 0.1) is 6.92 Å². The average molecular weight is 276 g/mol.